The second-order valence-electron chi connectivity index (χ2n) is 4.57. The molecular weight excluding hydrogens is 244 g/mol. The van der Waals surface area contributed by atoms with Crippen LogP contribution in [0.5, 0.6) is 11.5 Å². The van der Waals surface area contributed by atoms with Crippen molar-refractivity contribution in [1.29, 1.82) is 0 Å². The summed E-state index contributed by atoms with van der Waals surface area (Å²) < 4.78 is 10.6. The molecule has 1 amide bonds. The smallest absolute Gasteiger partial charge is 0.261 e. The highest BCUT2D eigenvalue weighted by molar-refractivity contribution is 6.00. The molecule has 1 atom stereocenters. The van der Waals surface area contributed by atoms with Crippen LogP contribution in [0.25, 0.3) is 0 Å². The number of hydrogen-bond donors (Lipinski definition) is 1. The number of hydrogen-bond acceptors (Lipinski definition) is 4. The van der Waals surface area contributed by atoms with Crippen LogP contribution in [0.3, 0.4) is 0 Å². The minimum atomic E-state index is -0.0674. The Hall–Kier alpha value is -1.75. The fourth-order valence-corrected chi connectivity index (χ4v) is 2.55. The number of ether oxygens (including phenoxy) is 2. The van der Waals surface area contributed by atoms with E-state index in [0.29, 0.717) is 23.6 Å². The molecule has 0 aromatic heterocycles. The van der Waals surface area contributed by atoms with E-state index in [4.69, 9.17) is 15.2 Å². The van der Waals surface area contributed by atoms with E-state index < -0.39 is 0 Å². The summed E-state index contributed by atoms with van der Waals surface area (Å²) in [6.45, 7) is 1.23. The Morgan fingerprint density at radius 1 is 1.37 bits per heavy atom. The van der Waals surface area contributed by atoms with E-state index >= 15 is 0 Å². The first-order valence-corrected chi connectivity index (χ1v) is 6.45. The predicted octanol–water partition coefficient (Wildman–Crippen LogP) is 1.27. The summed E-state index contributed by atoms with van der Waals surface area (Å²) in [4.78, 5) is 14.5. The Morgan fingerprint density at radius 3 is 2.53 bits per heavy atom. The molecule has 1 aliphatic rings. The maximum absolute atomic E-state index is 12.7. The van der Waals surface area contributed by atoms with Crippen molar-refractivity contribution in [3.05, 3.63) is 23.8 Å². The van der Waals surface area contributed by atoms with Gasteiger partial charge in [0, 0.05) is 19.1 Å². The number of carbonyl (C=O) groups is 1. The number of rotatable bonds is 4. The van der Waals surface area contributed by atoms with Gasteiger partial charge in [0.05, 0.1) is 14.2 Å². The van der Waals surface area contributed by atoms with Crippen LogP contribution in [-0.4, -0.2) is 44.2 Å². The molecule has 19 heavy (non-hydrogen) atoms. The third-order valence-electron chi connectivity index (χ3n) is 3.55. The van der Waals surface area contributed by atoms with Crippen LogP contribution < -0.4 is 15.2 Å². The molecule has 0 saturated carbocycles. The van der Waals surface area contributed by atoms with Gasteiger partial charge in [-0.25, -0.2) is 0 Å². The van der Waals surface area contributed by atoms with Crippen LogP contribution in [0, 0.1) is 0 Å². The van der Waals surface area contributed by atoms with Crippen molar-refractivity contribution in [1.82, 2.24) is 4.90 Å². The lowest BCUT2D eigenvalue weighted by molar-refractivity contribution is 0.0734. The SMILES string of the molecule is COc1cccc(OC)c1C(=O)N1CCCC1CN. The summed E-state index contributed by atoms with van der Waals surface area (Å²) in [7, 11) is 3.10. The molecule has 0 radical (unpaired) electrons. The van der Waals surface area contributed by atoms with E-state index in [1.54, 1.807) is 32.4 Å². The van der Waals surface area contributed by atoms with Gasteiger partial charge in [0.25, 0.3) is 5.91 Å². The topological polar surface area (TPSA) is 64.8 Å². The quantitative estimate of drug-likeness (QED) is 0.889. The minimum absolute atomic E-state index is 0.0674. The van der Waals surface area contributed by atoms with Gasteiger partial charge in [0.2, 0.25) is 0 Å². The van der Waals surface area contributed by atoms with Crippen LogP contribution in [0.15, 0.2) is 18.2 Å². The van der Waals surface area contributed by atoms with Gasteiger partial charge < -0.3 is 20.1 Å². The summed E-state index contributed by atoms with van der Waals surface area (Å²) in [5.41, 5.74) is 6.20. The minimum Gasteiger partial charge on any atom is -0.496 e. The summed E-state index contributed by atoms with van der Waals surface area (Å²) in [5.74, 6) is 1.00. The number of benzene rings is 1. The second kappa shape index (κ2) is 5.93. The molecule has 5 nitrogen and oxygen atoms in total. The maximum Gasteiger partial charge on any atom is 0.261 e. The molecule has 5 heteroatoms. The van der Waals surface area contributed by atoms with Crippen LogP contribution in [-0.2, 0) is 0 Å². The average molecular weight is 264 g/mol. The zero-order valence-corrected chi connectivity index (χ0v) is 11.4. The zero-order valence-electron chi connectivity index (χ0n) is 11.4. The van der Waals surface area contributed by atoms with Gasteiger partial charge in [-0.3, -0.25) is 4.79 Å². The third-order valence-corrected chi connectivity index (χ3v) is 3.55. The van der Waals surface area contributed by atoms with Crippen molar-refractivity contribution >= 4 is 5.91 Å². The highest BCUT2D eigenvalue weighted by atomic mass is 16.5. The van der Waals surface area contributed by atoms with E-state index in [-0.39, 0.29) is 11.9 Å². The first-order valence-electron chi connectivity index (χ1n) is 6.45. The lowest BCUT2D eigenvalue weighted by Crippen LogP contribution is -2.40. The van der Waals surface area contributed by atoms with Gasteiger partial charge in [-0.15, -0.1) is 0 Å². The number of likely N-dealkylation sites (tertiary alicyclic amines) is 1. The number of carbonyl (C=O) groups excluding carboxylic acids is 1. The molecule has 2 N–H and O–H groups in total. The molecule has 1 aliphatic heterocycles. The van der Waals surface area contributed by atoms with Crippen molar-refractivity contribution in [3.8, 4) is 11.5 Å². The predicted molar refractivity (Wildman–Crippen MR) is 72.7 cm³/mol. The Labute approximate surface area is 113 Å². The van der Waals surface area contributed by atoms with Crippen molar-refractivity contribution in [2.45, 2.75) is 18.9 Å². The fraction of sp³-hybridized carbons (Fsp3) is 0.500. The highest BCUT2D eigenvalue weighted by Gasteiger charge is 2.31. The van der Waals surface area contributed by atoms with E-state index in [1.807, 2.05) is 4.90 Å². The van der Waals surface area contributed by atoms with E-state index in [2.05, 4.69) is 0 Å². The lowest BCUT2D eigenvalue weighted by Gasteiger charge is -2.25. The summed E-state index contributed by atoms with van der Waals surface area (Å²) in [5, 5.41) is 0. The molecule has 0 spiro atoms. The van der Waals surface area contributed by atoms with Crippen LogP contribution in [0.4, 0.5) is 0 Å². The summed E-state index contributed by atoms with van der Waals surface area (Å²) >= 11 is 0. The Morgan fingerprint density at radius 2 is 2.00 bits per heavy atom. The van der Waals surface area contributed by atoms with E-state index in [1.165, 1.54) is 0 Å². The van der Waals surface area contributed by atoms with Crippen molar-refractivity contribution < 1.29 is 14.3 Å². The summed E-state index contributed by atoms with van der Waals surface area (Å²) in [6, 6.07) is 5.45. The highest BCUT2D eigenvalue weighted by Crippen LogP contribution is 2.31. The molecular formula is C14H20N2O3. The monoisotopic (exact) mass is 264 g/mol. The number of nitrogens with zero attached hydrogens (tertiary/aromatic N) is 1. The van der Waals surface area contributed by atoms with Crippen LogP contribution in [0.1, 0.15) is 23.2 Å². The van der Waals surface area contributed by atoms with Crippen molar-refractivity contribution in [3.63, 3.8) is 0 Å². The number of nitrogens with two attached hydrogens (primary N) is 1. The van der Waals surface area contributed by atoms with Gasteiger partial charge >= 0.3 is 0 Å². The Balaban J connectivity index is 2.37. The molecule has 0 bridgehead atoms. The number of methoxy groups -OCH3 is 2. The van der Waals surface area contributed by atoms with Gasteiger partial charge in [0.15, 0.2) is 0 Å². The van der Waals surface area contributed by atoms with Crippen LogP contribution >= 0.6 is 0 Å². The first kappa shape index (κ1) is 13.7. The zero-order chi connectivity index (χ0) is 13.8. The lowest BCUT2D eigenvalue weighted by atomic mass is 10.1. The van der Waals surface area contributed by atoms with Crippen molar-refractivity contribution in [2.75, 3.05) is 27.3 Å². The summed E-state index contributed by atoms with van der Waals surface area (Å²) in [6.07, 6.45) is 1.95. The van der Waals surface area contributed by atoms with Gasteiger partial charge in [-0.2, -0.15) is 0 Å². The first-order chi connectivity index (χ1) is 9.22. The molecule has 1 fully saturated rings. The standard InChI is InChI=1S/C14H20N2O3/c1-18-11-6-3-7-12(19-2)13(11)14(17)16-8-4-5-10(16)9-15/h3,6-7,10H,4-5,8-9,15H2,1-2H3. The van der Waals surface area contributed by atoms with Crippen molar-refractivity contribution in [2.24, 2.45) is 5.73 Å². The fourth-order valence-electron chi connectivity index (χ4n) is 2.55. The normalized spacial score (nSPS) is 18.5. The van der Waals surface area contributed by atoms with E-state index in [9.17, 15) is 4.79 Å². The van der Waals surface area contributed by atoms with Gasteiger partial charge in [-0.1, -0.05) is 6.07 Å². The molecule has 1 heterocycles. The van der Waals surface area contributed by atoms with Crippen LogP contribution in [0.2, 0.25) is 0 Å². The number of amides is 1. The molecule has 1 aromatic rings. The molecule has 2 rings (SSSR count). The molecule has 1 saturated heterocycles. The molecule has 1 unspecified atom stereocenters. The Bertz CT molecular complexity index is 440. The Kier molecular flexibility index (Phi) is 4.27. The molecule has 104 valence electrons. The average Bonchev–Trinajstić information content (AvgIpc) is 2.93. The van der Waals surface area contributed by atoms with E-state index in [0.717, 1.165) is 19.4 Å². The largest absolute Gasteiger partial charge is 0.496 e. The van der Waals surface area contributed by atoms with Gasteiger partial charge in [-0.05, 0) is 25.0 Å². The molecule has 1 aromatic carbocycles. The van der Waals surface area contributed by atoms with Gasteiger partial charge in [0.1, 0.15) is 17.1 Å². The maximum atomic E-state index is 12.7. The third kappa shape index (κ3) is 2.51. The molecule has 0 aliphatic carbocycles. The second-order valence-corrected chi connectivity index (χ2v) is 4.57.